The lowest BCUT2D eigenvalue weighted by molar-refractivity contribution is -0.142. The van der Waals surface area contributed by atoms with Gasteiger partial charge in [-0.25, -0.2) is 0 Å². The molecule has 0 spiro atoms. The van der Waals surface area contributed by atoms with E-state index in [9.17, 15) is 9.90 Å². The smallest absolute Gasteiger partial charge is 0.322 e. The molecule has 0 heterocycles. The van der Waals surface area contributed by atoms with Gasteiger partial charge in [-0.2, -0.15) is 0 Å². The lowest BCUT2D eigenvalue weighted by Gasteiger charge is -2.16. The Kier molecular flexibility index (Phi) is 6.83. The monoisotopic (exact) mass is 331 g/mol. The maximum absolute atomic E-state index is 11.1. The summed E-state index contributed by atoms with van der Waals surface area (Å²) in [5.41, 5.74) is 0. The van der Waals surface area contributed by atoms with E-state index < -0.39 is 12.1 Å². The van der Waals surface area contributed by atoms with Crippen LogP contribution in [0.25, 0.3) is 0 Å². The van der Waals surface area contributed by atoms with Crippen LogP contribution in [-0.2, 0) is 9.53 Å². The first-order chi connectivity index (χ1) is 9.02. The summed E-state index contributed by atoms with van der Waals surface area (Å²) in [5.74, 6) is 0.323. The minimum atomic E-state index is -0.698. The maximum atomic E-state index is 11.1. The largest absolute Gasteiger partial charge is 0.491 e. The summed E-state index contributed by atoms with van der Waals surface area (Å²) in [7, 11) is 1.33. The molecule has 2 unspecified atom stereocenters. The fourth-order valence-corrected chi connectivity index (χ4v) is 1.62. The molecule has 0 aliphatic rings. The van der Waals surface area contributed by atoms with Gasteiger partial charge in [0.15, 0.2) is 0 Å². The van der Waals surface area contributed by atoms with Gasteiger partial charge in [0.25, 0.3) is 0 Å². The zero-order chi connectivity index (χ0) is 14.3. The van der Waals surface area contributed by atoms with E-state index in [0.29, 0.717) is 5.75 Å². The SMILES string of the molecule is COC(=O)C(C)NCC(O)COc1ccc(Br)cc1. The van der Waals surface area contributed by atoms with E-state index in [-0.39, 0.29) is 19.1 Å². The minimum absolute atomic E-state index is 0.155. The maximum Gasteiger partial charge on any atom is 0.322 e. The van der Waals surface area contributed by atoms with Gasteiger partial charge in [0, 0.05) is 11.0 Å². The second-order valence-corrected chi connectivity index (χ2v) is 4.99. The van der Waals surface area contributed by atoms with Gasteiger partial charge in [0.05, 0.1) is 7.11 Å². The number of ether oxygens (including phenoxy) is 2. The molecule has 0 aliphatic heterocycles. The van der Waals surface area contributed by atoms with Gasteiger partial charge < -0.3 is 19.9 Å². The number of aliphatic hydroxyl groups excluding tert-OH is 1. The standard InChI is InChI=1S/C13H18BrNO4/c1-9(13(17)18-2)15-7-11(16)8-19-12-5-3-10(14)4-6-12/h3-6,9,11,15-16H,7-8H2,1-2H3. The zero-order valence-corrected chi connectivity index (χ0v) is 12.5. The second kappa shape index (κ2) is 8.14. The van der Waals surface area contributed by atoms with Crippen molar-refractivity contribution in [2.45, 2.75) is 19.1 Å². The van der Waals surface area contributed by atoms with Gasteiger partial charge in [-0.3, -0.25) is 4.79 Å². The number of benzene rings is 1. The molecule has 0 amide bonds. The Labute approximate surface area is 121 Å². The lowest BCUT2D eigenvalue weighted by atomic mass is 10.3. The van der Waals surface area contributed by atoms with Crippen molar-refractivity contribution < 1.29 is 19.4 Å². The Hall–Kier alpha value is -1.11. The van der Waals surface area contributed by atoms with Crippen LogP contribution in [0.1, 0.15) is 6.92 Å². The van der Waals surface area contributed by atoms with Crippen molar-refractivity contribution in [2.24, 2.45) is 0 Å². The molecule has 0 saturated heterocycles. The number of carbonyl (C=O) groups excluding carboxylic acids is 1. The summed E-state index contributed by atoms with van der Waals surface area (Å²) in [4.78, 5) is 11.1. The predicted molar refractivity (Wildman–Crippen MR) is 75.1 cm³/mol. The molecule has 0 radical (unpaired) electrons. The molecule has 2 atom stereocenters. The van der Waals surface area contributed by atoms with E-state index in [4.69, 9.17) is 4.74 Å². The van der Waals surface area contributed by atoms with Crippen LogP contribution in [0.5, 0.6) is 5.75 Å². The van der Waals surface area contributed by atoms with Crippen LogP contribution in [0.3, 0.4) is 0 Å². The number of methoxy groups -OCH3 is 1. The quantitative estimate of drug-likeness (QED) is 0.738. The molecule has 0 saturated carbocycles. The van der Waals surface area contributed by atoms with Crippen molar-refractivity contribution in [3.63, 3.8) is 0 Å². The van der Waals surface area contributed by atoms with Gasteiger partial charge in [-0.1, -0.05) is 15.9 Å². The number of esters is 1. The van der Waals surface area contributed by atoms with Gasteiger partial charge in [0.1, 0.15) is 24.5 Å². The highest BCUT2D eigenvalue weighted by Gasteiger charge is 2.14. The van der Waals surface area contributed by atoms with E-state index in [1.807, 2.05) is 12.1 Å². The average Bonchev–Trinajstić information content (AvgIpc) is 2.43. The first-order valence-electron chi connectivity index (χ1n) is 5.90. The number of carbonyl (C=O) groups is 1. The molecule has 0 bridgehead atoms. The number of nitrogens with one attached hydrogen (secondary N) is 1. The minimum Gasteiger partial charge on any atom is -0.491 e. The third kappa shape index (κ3) is 6.04. The Morgan fingerprint density at radius 3 is 2.63 bits per heavy atom. The molecule has 1 aromatic rings. The molecule has 0 aliphatic carbocycles. The van der Waals surface area contributed by atoms with E-state index >= 15 is 0 Å². The first-order valence-corrected chi connectivity index (χ1v) is 6.70. The number of hydrogen-bond donors (Lipinski definition) is 2. The molecule has 6 heteroatoms. The van der Waals surface area contributed by atoms with Gasteiger partial charge >= 0.3 is 5.97 Å². The Morgan fingerprint density at radius 1 is 1.42 bits per heavy atom. The summed E-state index contributed by atoms with van der Waals surface area (Å²) in [6.07, 6.45) is -0.698. The van der Waals surface area contributed by atoms with Gasteiger partial charge in [0.2, 0.25) is 0 Å². The molecule has 19 heavy (non-hydrogen) atoms. The van der Waals surface area contributed by atoms with Gasteiger partial charge in [-0.05, 0) is 31.2 Å². The molecule has 0 fully saturated rings. The van der Waals surface area contributed by atoms with Crippen molar-refractivity contribution >= 4 is 21.9 Å². The van der Waals surface area contributed by atoms with Crippen LogP contribution < -0.4 is 10.1 Å². The lowest BCUT2D eigenvalue weighted by Crippen LogP contribution is -2.41. The Bertz CT molecular complexity index is 396. The zero-order valence-electron chi connectivity index (χ0n) is 10.9. The number of rotatable bonds is 7. The molecule has 0 aromatic heterocycles. The highest BCUT2D eigenvalue weighted by Crippen LogP contribution is 2.16. The number of hydrogen-bond acceptors (Lipinski definition) is 5. The van der Waals surface area contributed by atoms with Crippen LogP contribution in [0, 0.1) is 0 Å². The Balaban J connectivity index is 2.26. The summed E-state index contributed by atoms with van der Waals surface area (Å²) >= 11 is 3.33. The van der Waals surface area contributed by atoms with E-state index in [1.54, 1.807) is 19.1 Å². The fourth-order valence-electron chi connectivity index (χ4n) is 1.36. The Morgan fingerprint density at radius 2 is 2.05 bits per heavy atom. The van der Waals surface area contributed by atoms with Crippen molar-refractivity contribution in [2.75, 3.05) is 20.3 Å². The van der Waals surface area contributed by atoms with Crippen LogP contribution in [0.4, 0.5) is 0 Å². The van der Waals surface area contributed by atoms with Crippen LogP contribution >= 0.6 is 15.9 Å². The molecule has 1 aromatic carbocycles. The van der Waals surface area contributed by atoms with Crippen LogP contribution in [0.15, 0.2) is 28.7 Å². The summed E-state index contributed by atoms with van der Waals surface area (Å²) in [6, 6.07) is 6.88. The van der Waals surface area contributed by atoms with Crippen molar-refractivity contribution in [1.29, 1.82) is 0 Å². The summed E-state index contributed by atoms with van der Waals surface area (Å²) in [5, 5.41) is 12.6. The topological polar surface area (TPSA) is 67.8 Å². The predicted octanol–water partition coefficient (Wildman–Crippen LogP) is 1.34. The van der Waals surface area contributed by atoms with E-state index in [0.717, 1.165) is 4.47 Å². The van der Waals surface area contributed by atoms with Crippen LogP contribution in [-0.4, -0.2) is 43.5 Å². The van der Waals surface area contributed by atoms with Crippen LogP contribution in [0.2, 0.25) is 0 Å². The third-order valence-electron chi connectivity index (χ3n) is 2.47. The third-order valence-corrected chi connectivity index (χ3v) is 3.00. The van der Waals surface area contributed by atoms with E-state index in [1.165, 1.54) is 7.11 Å². The highest BCUT2D eigenvalue weighted by atomic mass is 79.9. The van der Waals surface area contributed by atoms with E-state index in [2.05, 4.69) is 26.0 Å². The molecular weight excluding hydrogens is 314 g/mol. The highest BCUT2D eigenvalue weighted by molar-refractivity contribution is 9.10. The molecular formula is C13H18BrNO4. The van der Waals surface area contributed by atoms with Gasteiger partial charge in [-0.15, -0.1) is 0 Å². The second-order valence-electron chi connectivity index (χ2n) is 4.07. The first kappa shape index (κ1) is 15.9. The number of halogens is 1. The molecule has 106 valence electrons. The molecule has 5 nitrogen and oxygen atoms in total. The van der Waals surface area contributed by atoms with Crippen molar-refractivity contribution in [3.8, 4) is 5.75 Å². The van der Waals surface area contributed by atoms with Crippen molar-refractivity contribution in [3.05, 3.63) is 28.7 Å². The molecule has 1 rings (SSSR count). The average molecular weight is 332 g/mol. The molecule has 2 N–H and O–H groups in total. The normalized spacial score (nSPS) is 13.7. The summed E-state index contributed by atoms with van der Waals surface area (Å²) < 4.78 is 10.9. The van der Waals surface area contributed by atoms with Crippen molar-refractivity contribution in [1.82, 2.24) is 5.32 Å². The number of aliphatic hydroxyl groups is 1. The summed E-state index contributed by atoms with van der Waals surface area (Å²) in [6.45, 7) is 2.09. The fraction of sp³-hybridized carbons (Fsp3) is 0.462.